The van der Waals surface area contributed by atoms with E-state index in [1.165, 1.54) is 0 Å². The molecule has 10 heteroatoms. The molecule has 0 amide bonds. The van der Waals surface area contributed by atoms with Gasteiger partial charge in [0.25, 0.3) is 0 Å². The molecule has 9 nitrogen and oxygen atoms in total. The topological polar surface area (TPSA) is 136 Å². The summed E-state index contributed by atoms with van der Waals surface area (Å²) in [6.07, 6.45) is 1.13. The summed E-state index contributed by atoms with van der Waals surface area (Å²) in [4.78, 5) is 46.4. The predicted octanol–water partition coefficient (Wildman–Crippen LogP) is 0.294. The zero-order chi connectivity index (χ0) is 17.0. The van der Waals surface area contributed by atoms with Crippen molar-refractivity contribution in [1.29, 1.82) is 0 Å². The van der Waals surface area contributed by atoms with Crippen LogP contribution >= 0.6 is 11.8 Å². The molecule has 2 N–H and O–H groups in total. The number of aromatic nitrogens is 2. The van der Waals surface area contributed by atoms with Gasteiger partial charge in [-0.1, -0.05) is 0 Å². The maximum Gasteiger partial charge on any atom is 0.356 e. The number of fused-ring (bicyclic) bond motifs is 1. The van der Waals surface area contributed by atoms with Gasteiger partial charge < -0.3 is 14.6 Å². The highest BCUT2D eigenvalue weighted by atomic mass is 32.2. The molecular formula is C13H12N2O7S. The van der Waals surface area contributed by atoms with Gasteiger partial charge in [0.2, 0.25) is 11.6 Å². The molecule has 2 rings (SSSR count). The number of carboxylic acid groups (broad SMARTS) is 1. The Bertz CT molecular complexity index is 707. The number of hydrogen-bond donors (Lipinski definition) is 2. The summed E-state index contributed by atoms with van der Waals surface area (Å²) in [5.74, 6) is -2.63. The van der Waals surface area contributed by atoms with E-state index in [1.54, 1.807) is 0 Å². The molecule has 23 heavy (non-hydrogen) atoms. The normalized spacial score (nSPS) is 13.5. The predicted molar refractivity (Wildman–Crippen MR) is 77.6 cm³/mol. The highest BCUT2D eigenvalue weighted by Crippen LogP contribution is 2.29. The number of carbonyl (C=O) groups excluding carboxylic acids is 3. The molecule has 0 spiro atoms. The quantitative estimate of drug-likeness (QED) is 0.530. The van der Waals surface area contributed by atoms with E-state index in [-0.39, 0.29) is 34.2 Å². The van der Waals surface area contributed by atoms with Gasteiger partial charge in [-0.25, -0.2) is 9.59 Å². The average molecular weight is 340 g/mol. The minimum absolute atomic E-state index is 0.0951. The Kier molecular flexibility index (Phi) is 5.29. The maximum absolute atomic E-state index is 12.4. The number of rotatable bonds is 7. The lowest BCUT2D eigenvalue weighted by Crippen LogP contribution is -2.18. The monoisotopic (exact) mass is 340 g/mol. The van der Waals surface area contributed by atoms with Gasteiger partial charge in [-0.15, -0.1) is 11.8 Å². The molecule has 1 aromatic heterocycles. The lowest BCUT2D eigenvalue weighted by molar-refractivity contribution is -0.141. The lowest BCUT2D eigenvalue weighted by atomic mass is 9.99. The maximum atomic E-state index is 12.4. The Morgan fingerprint density at radius 1 is 1.39 bits per heavy atom. The fraction of sp³-hybridized carbons (Fsp3) is 0.308. The Morgan fingerprint density at radius 3 is 2.78 bits per heavy atom. The summed E-state index contributed by atoms with van der Waals surface area (Å²) in [6.45, 7) is -0.345. The van der Waals surface area contributed by atoms with Gasteiger partial charge in [0.05, 0.1) is 24.2 Å². The van der Waals surface area contributed by atoms with E-state index in [0.29, 0.717) is 0 Å². The van der Waals surface area contributed by atoms with E-state index >= 15 is 0 Å². The minimum Gasteiger partial charge on any atom is -0.480 e. The average Bonchev–Trinajstić information content (AvgIpc) is 2.96. The number of carboxylic acids is 1. The first-order valence-electron chi connectivity index (χ1n) is 6.35. The third-order valence-electron chi connectivity index (χ3n) is 2.81. The SMILES string of the molecule is COC(=O)c1[nH]nc2c1C(=O)C(SCCOCC(=O)O)=CC2=O. The number of Topliss-reactive ketones (excluding diaryl/α,β-unsaturated/α-hetero) is 1. The van der Waals surface area contributed by atoms with Gasteiger partial charge in [0.15, 0.2) is 5.69 Å². The zero-order valence-electron chi connectivity index (χ0n) is 12.0. The fourth-order valence-corrected chi connectivity index (χ4v) is 2.69. The second-order valence-electron chi connectivity index (χ2n) is 4.31. The van der Waals surface area contributed by atoms with Crippen LogP contribution in [-0.2, 0) is 14.3 Å². The van der Waals surface area contributed by atoms with Crippen LogP contribution < -0.4 is 0 Å². The number of esters is 1. The minimum atomic E-state index is -1.09. The number of aliphatic carboxylic acids is 1. The van der Waals surface area contributed by atoms with Gasteiger partial charge in [0.1, 0.15) is 12.3 Å². The summed E-state index contributed by atoms with van der Waals surface area (Å²) in [5, 5.41) is 14.5. The van der Waals surface area contributed by atoms with E-state index in [9.17, 15) is 19.2 Å². The Balaban J connectivity index is 2.09. The van der Waals surface area contributed by atoms with Crippen LogP contribution in [0.4, 0.5) is 0 Å². The number of methoxy groups -OCH3 is 1. The fourth-order valence-electron chi connectivity index (χ4n) is 1.84. The van der Waals surface area contributed by atoms with Crippen molar-refractivity contribution in [2.75, 3.05) is 26.1 Å². The number of nitrogens with zero attached hydrogens (tertiary/aromatic N) is 1. The molecule has 1 aliphatic carbocycles. The number of carbonyl (C=O) groups is 4. The van der Waals surface area contributed by atoms with Crippen molar-refractivity contribution in [2.45, 2.75) is 0 Å². The van der Waals surface area contributed by atoms with Crippen molar-refractivity contribution in [3.8, 4) is 0 Å². The molecule has 1 aromatic rings. The molecule has 122 valence electrons. The number of allylic oxidation sites excluding steroid dienone is 2. The largest absolute Gasteiger partial charge is 0.480 e. The van der Waals surface area contributed by atoms with Crippen LogP contribution in [0.3, 0.4) is 0 Å². The Morgan fingerprint density at radius 2 is 2.13 bits per heavy atom. The number of H-pyrrole nitrogens is 1. The van der Waals surface area contributed by atoms with Gasteiger partial charge >= 0.3 is 11.9 Å². The van der Waals surface area contributed by atoms with E-state index in [0.717, 1.165) is 24.9 Å². The smallest absolute Gasteiger partial charge is 0.356 e. The van der Waals surface area contributed by atoms with Crippen LogP contribution in [0.1, 0.15) is 31.3 Å². The van der Waals surface area contributed by atoms with E-state index in [4.69, 9.17) is 9.84 Å². The molecular weight excluding hydrogens is 328 g/mol. The summed E-state index contributed by atoms with van der Waals surface area (Å²) >= 11 is 1.03. The number of ketones is 2. The first-order valence-corrected chi connectivity index (χ1v) is 7.34. The van der Waals surface area contributed by atoms with E-state index < -0.39 is 30.1 Å². The first kappa shape index (κ1) is 16.9. The second-order valence-corrected chi connectivity index (χ2v) is 5.45. The standard InChI is InChI=1S/C13H12N2O7S/c1-21-13(20)11-9-10(14-15-11)6(16)4-7(12(9)19)23-3-2-22-5-8(17)18/h4H,2-3,5H2,1H3,(H,14,15)(H,17,18). The number of thioether (sulfide) groups is 1. The zero-order valence-corrected chi connectivity index (χ0v) is 12.8. The second kappa shape index (κ2) is 7.20. The third-order valence-corrected chi connectivity index (χ3v) is 3.80. The van der Waals surface area contributed by atoms with Gasteiger partial charge in [0, 0.05) is 11.8 Å². The molecule has 1 heterocycles. The first-order chi connectivity index (χ1) is 11.0. The van der Waals surface area contributed by atoms with Crippen LogP contribution in [-0.4, -0.2) is 64.9 Å². The molecule has 0 aliphatic heterocycles. The summed E-state index contributed by atoms with van der Waals surface area (Å²) in [6, 6.07) is 0. The number of aromatic amines is 1. The molecule has 0 fully saturated rings. The number of hydrogen-bond acceptors (Lipinski definition) is 8. The van der Waals surface area contributed by atoms with Gasteiger partial charge in [-0.05, 0) is 0 Å². The van der Waals surface area contributed by atoms with E-state index in [1.807, 2.05) is 0 Å². The van der Waals surface area contributed by atoms with E-state index in [2.05, 4.69) is 14.9 Å². The molecule has 0 bridgehead atoms. The molecule has 0 radical (unpaired) electrons. The highest BCUT2D eigenvalue weighted by molar-refractivity contribution is 8.04. The molecule has 0 saturated heterocycles. The van der Waals surface area contributed by atoms with Crippen molar-refractivity contribution < 1.29 is 33.8 Å². The highest BCUT2D eigenvalue weighted by Gasteiger charge is 2.34. The van der Waals surface area contributed by atoms with Crippen LogP contribution in [0.5, 0.6) is 0 Å². The molecule has 0 aromatic carbocycles. The van der Waals surface area contributed by atoms with Crippen LogP contribution in [0, 0.1) is 0 Å². The molecule has 1 aliphatic rings. The molecule has 0 unspecified atom stereocenters. The van der Waals surface area contributed by atoms with Crippen molar-refractivity contribution in [1.82, 2.24) is 10.2 Å². The van der Waals surface area contributed by atoms with Crippen LogP contribution in [0.25, 0.3) is 0 Å². The summed E-state index contributed by atoms with van der Waals surface area (Å²) in [5.41, 5.74) is -0.408. The third kappa shape index (κ3) is 3.66. The summed E-state index contributed by atoms with van der Waals surface area (Å²) < 4.78 is 9.38. The number of ether oxygens (including phenoxy) is 2. The van der Waals surface area contributed by atoms with Gasteiger partial charge in [-0.2, -0.15) is 5.10 Å². The number of nitrogens with one attached hydrogen (secondary N) is 1. The Hall–Kier alpha value is -2.46. The Labute approximate surface area is 134 Å². The molecule has 0 saturated carbocycles. The molecule has 0 atom stereocenters. The van der Waals surface area contributed by atoms with Crippen molar-refractivity contribution in [3.63, 3.8) is 0 Å². The summed E-state index contributed by atoms with van der Waals surface area (Å²) in [7, 11) is 1.15. The van der Waals surface area contributed by atoms with Crippen molar-refractivity contribution in [3.05, 3.63) is 27.9 Å². The van der Waals surface area contributed by atoms with Crippen molar-refractivity contribution in [2.24, 2.45) is 0 Å². The van der Waals surface area contributed by atoms with Crippen LogP contribution in [0.2, 0.25) is 0 Å². The van der Waals surface area contributed by atoms with Gasteiger partial charge in [-0.3, -0.25) is 14.7 Å². The van der Waals surface area contributed by atoms with Crippen LogP contribution in [0.15, 0.2) is 11.0 Å². The van der Waals surface area contributed by atoms with Crippen molar-refractivity contribution >= 4 is 35.3 Å². The lowest BCUT2D eigenvalue weighted by Gasteiger charge is -2.11.